The van der Waals surface area contributed by atoms with Crippen molar-refractivity contribution in [1.29, 1.82) is 0 Å². The summed E-state index contributed by atoms with van der Waals surface area (Å²) in [7, 11) is 0. The summed E-state index contributed by atoms with van der Waals surface area (Å²) in [5.74, 6) is 0.803. The Bertz CT molecular complexity index is 305. The molecule has 1 fully saturated rings. The molecular weight excluding hydrogens is 184 g/mol. The molecule has 1 aliphatic rings. The summed E-state index contributed by atoms with van der Waals surface area (Å²) in [6.07, 6.45) is 2.55. The Labute approximate surface area is 83.7 Å². The van der Waals surface area contributed by atoms with Crippen molar-refractivity contribution < 1.29 is 4.74 Å². The van der Waals surface area contributed by atoms with Crippen LogP contribution in [0, 0.1) is 5.41 Å². The van der Waals surface area contributed by atoms with Gasteiger partial charge in [0.25, 0.3) is 0 Å². The molecule has 70 valence electrons. The third-order valence-corrected chi connectivity index (χ3v) is 2.83. The summed E-state index contributed by atoms with van der Waals surface area (Å²) in [4.78, 5) is 0. The molecule has 1 aliphatic carbocycles. The first-order valence-electron chi connectivity index (χ1n) is 4.57. The molecule has 0 atom stereocenters. The van der Waals surface area contributed by atoms with Gasteiger partial charge in [0.1, 0.15) is 5.75 Å². The standard InChI is InChI=1S/C11H13ClO/c1-11(6-7-11)8-13-10-5-3-2-4-9(10)12/h2-5H,6-8H2,1H3. The number of hydrogen-bond acceptors (Lipinski definition) is 1. The topological polar surface area (TPSA) is 9.23 Å². The summed E-state index contributed by atoms with van der Waals surface area (Å²) in [5, 5.41) is 0.701. The van der Waals surface area contributed by atoms with Gasteiger partial charge in [-0.05, 0) is 25.0 Å². The van der Waals surface area contributed by atoms with E-state index in [2.05, 4.69) is 6.92 Å². The van der Waals surface area contributed by atoms with E-state index in [1.54, 1.807) is 0 Å². The van der Waals surface area contributed by atoms with Crippen molar-refractivity contribution in [3.8, 4) is 5.75 Å². The highest BCUT2D eigenvalue weighted by atomic mass is 35.5. The lowest BCUT2D eigenvalue weighted by Gasteiger charge is -2.11. The van der Waals surface area contributed by atoms with Crippen LogP contribution in [0.3, 0.4) is 0 Å². The van der Waals surface area contributed by atoms with E-state index in [1.165, 1.54) is 12.8 Å². The average molecular weight is 197 g/mol. The molecule has 0 N–H and O–H groups in total. The van der Waals surface area contributed by atoms with Crippen molar-refractivity contribution in [1.82, 2.24) is 0 Å². The van der Waals surface area contributed by atoms with Gasteiger partial charge < -0.3 is 4.74 Å². The zero-order valence-corrected chi connectivity index (χ0v) is 8.47. The second-order valence-electron chi connectivity index (χ2n) is 4.03. The number of para-hydroxylation sites is 1. The largest absolute Gasteiger partial charge is 0.491 e. The van der Waals surface area contributed by atoms with E-state index in [0.29, 0.717) is 10.4 Å². The van der Waals surface area contributed by atoms with Crippen molar-refractivity contribution in [2.75, 3.05) is 6.61 Å². The lowest BCUT2D eigenvalue weighted by Crippen LogP contribution is -2.08. The Morgan fingerprint density at radius 1 is 1.38 bits per heavy atom. The summed E-state index contributed by atoms with van der Waals surface area (Å²) in [6.45, 7) is 3.03. The molecule has 2 rings (SSSR count). The maximum Gasteiger partial charge on any atom is 0.137 e. The molecule has 1 nitrogen and oxygen atoms in total. The Kier molecular flexibility index (Phi) is 2.20. The van der Waals surface area contributed by atoms with E-state index in [1.807, 2.05) is 24.3 Å². The molecule has 0 radical (unpaired) electrons. The first-order valence-corrected chi connectivity index (χ1v) is 4.95. The molecule has 0 unspecified atom stereocenters. The molecule has 0 aliphatic heterocycles. The minimum absolute atomic E-state index is 0.416. The number of hydrogen-bond donors (Lipinski definition) is 0. The maximum absolute atomic E-state index is 5.95. The molecule has 1 aromatic rings. The van der Waals surface area contributed by atoms with Crippen LogP contribution < -0.4 is 4.74 Å². The van der Waals surface area contributed by atoms with Gasteiger partial charge in [-0.3, -0.25) is 0 Å². The van der Waals surface area contributed by atoms with Gasteiger partial charge in [0.15, 0.2) is 0 Å². The van der Waals surface area contributed by atoms with Gasteiger partial charge in [-0.25, -0.2) is 0 Å². The molecule has 1 aromatic carbocycles. The minimum Gasteiger partial charge on any atom is -0.491 e. The van der Waals surface area contributed by atoms with Crippen LogP contribution in [0.1, 0.15) is 19.8 Å². The highest BCUT2D eigenvalue weighted by Crippen LogP contribution is 2.45. The predicted molar refractivity (Wildman–Crippen MR) is 54.3 cm³/mol. The number of ether oxygens (including phenoxy) is 1. The van der Waals surface area contributed by atoms with Crippen LogP contribution >= 0.6 is 11.6 Å². The van der Waals surface area contributed by atoms with Crippen molar-refractivity contribution in [3.63, 3.8) is 0 Å². The molecule has 0 spiro atoms. The highest BCUT2D eigenvalue weighted by molar-refractivity contribution is 6.32. The van der Waals surface area contributed by atoms with Gasteiger partial charge in [0.2, 0.25) is 0 Å². The van der Waals surface area contributed by atoms with Crippen LogP contribution in [0.15, 0.2) is 24.3 Å². The van der Waals surface area contributed by atoms with Gasteiger partial charge in [-0.15, -0.1) is 0 Å². The smallest absolute Gasteiger partial charge is 0.137 e. The van der Waals surface area contributed by atoms with E-state index in [9.17, 15) is 0 Å². The van der Waals surface area contributed by atoms with E-state index < -0.39 is 0 Å². The lowest BCUT2D eigenvalue weighted by atomic mass is 10.2. The fraction of sp³-hybridized carbons (Fsp3) is 0.455. The van der Waals surface area contributed by atoms with Crippen LogP contribution in [0.2, 0.25) is 5.02 Å². The Morgan fingerprint density at radius 2 is 2.08 bits per heavy atom. The van der Waals surface area contributed by atoms with Gasteiger partial charge in [-0.2, -0.15) is 0 Å². The SMILES string of the molecule is CC1(COc2ccccc2Cl)CC1. The molecule has 0 saturated heterocycles. The van der Waals surface area contributed by atoms with Crippen molar-refractivity contribution >= 4 is 11.6 Å². The fourth-order valence-corrected chi connectivity index (χ4v) is 1.36. The molecule has 2 heteroatoms. The summed E-state index contributed by atoms with van der Waals surface area (Å²) in [5.41, 5.74) is 0.416. The summed E-state index contributed by atoms with van der Waals surface area (Å²) >= 11 is 5.95. The molecule has 0 aromatic heterocycles. The number of halogens is 1. The first kappa shape index (κ1) is 8.89. The first-order chi connectivity index (χ1) is 6.20. The van der Waals surface area contributed by atoms with Crippen LogP contribution in [0.5, 0.6) is 5.75 Å². The number of benzene rings is 1. The lowest BCUT2D eigenvalue weighted by molar-refractivity contribution is 0.247. The third kappa shape index (κ3) is 2.16. The summed E-state index contributed by atoms with van der Waals surface area (Å²) in [6, 6.07) is 7.62. The van der Waals surface area contributed by atoms with Crippen LogP contribution in [-0.4, -0.2) is 6.61 Å². The molecular formula is C11H13ClO. The molecule has 1 saturated carbocycles. The van der Waals surface area contributed by atoms with Gasteiger partial charge in [0, 0.05) is 5.41 Å². The van der Waals surface area contributed by atoms with Crippen molar-refractivity contribution in [2.24, 2.45) is 5.41 Å². The maximum atomic E-state index is 5.95. The number of rotatable bonds is 3. The molecule has 0 heterocycles. The predicted octanol–water partition coefficient (Wildman–Crippen LogP) is 3.52. The van der Waals surface area contributed by atoms with Gasteiger partial charge in [0.05, 0.1) is 11.6 Å². The molecule has 0 amide bonds. The van der Waals surface area contributed by atoms with Gasteiger partial charge >= 0.3 is 0 Å². The zero-order valence-electron chi connectivity index (χ0n) is 7.72. The van der Waals surface area contributed by atoms with Crippen molar-refractivity contribution in [2.45, 2.75) is 19.8 Å². The summed E-state index contributed by atoms with van der Waals surface area (Å²) < 4.78 is 5.63. The molecule has 0 bridgehead atoms. The van der Waals surface area contributed by atoms with Crippen LogP contribution in [-0.2, 0) is 0 Å². The Morgan fingerprint density at radius 3 is 2.69 bits per heavy atom. The highest BCUT2D eigenvalue weighted by Gasteiger charge is 2.38. The zero-order chi connectivity index (χ0) is 9.31. The monoisotopic (exact) mass is 196 g/mol. The van der Waals surface area contributed by atoms with E-state index in [-0.39, 0.29) is 0 Å². The van der Waals surface area contributed by atoms with E-state index in [4.69, 9.17) is 16.3 Å². The third-order valence-electron chi connectivity index (χ3n) is 2.52. The van der Waals surface area contributed by atoms with Crippen molar-refractivity contribution in [3.05, 3.63) is 29.3 Å². The Hall–Kier alpha value is -0.690. The second-order valence-corrected chi connectivity index (χ2v) is 4.44. The molecule has 13 heavy (non-hydrogen) atoms. The van der Waals surface area contributed by atoms with Crippen LogP contribution in [0.25, 0.3) is 0 Å². The van der Waals surface area contributed by atoms with Gasteiger partial charge in [-0.1, -0.05) is 30.7 Å². The van der Waals surface area contributed by atoms with E-state index >= 15 is 0 Å². The normalized spacial score (nSPS) is 18.3. The van der Waals surface area contributed by atoms with Crippen LogP contribution in [0.4, 0.5) is 0 Å². The second kappa shape index (κ2) is 3.22. The van der Waals surface area contributed by atoms with E-state index in [0.717, 1.165) is 12.4 Å². The minimum atomic E-state index is 0.416. The quantitative estimate of drug-likeness (QED) is 0.719. The fourth-order valence-electron chi connectivity index (χ4n) is 1.17. The average Bonchev–Trinajstić information content (AvgIpc) is 2.83. The Balaban J connectivity index is 1.97.